The molecule has 0 aliphatic rings. The van der Waals surface area contributed by atoms with Crippen LogP contribution in [0, 0.1) is 0 Å². The highest BCUT2D eigenvalue weighted by Crippen LogP contribution is 2.36. The van der Waals surface area contributed by atoms with E-state index in [9.17, 15) is 0 Å². The number of nitrogens with two attached hydrogens (primary N) is 2. The minimum Gasteiger partial charge on any atom is -0.397 e. The number of nitrogen functional groups attached to an aromatic ring is 2. The summed E-state index contributed by atoms with van der Waals surface area (Å²) in [6.45, 7) is 0. The highest BCUT2D eigenvalue weighted by Gasteiger charge is 2.10. The Morgan fingerprint density at radius 2 is 1.10 bits per heavy atom. The van der Waals surface area contributed by atoms with E-state index >= 15 is 0 Å². The van der Waals surface area contributed by atoms with E-state index in [1.807, 2.05) is 48.5 Å². The monoisotopic (exact) mass is 260 g/mol. The van der Waals surface area contributed by atoms with Crippen molar-refractivity contribution in [2.24, 2.45) is 0 Å². The lowest BCUT2D eigenvalue weighted by Crippen LogP contribution is -1.97. The maximum absolute atomic E-state index is 6.14. The van der Waals surface area contributed by atoms with Gasteiger partial charge >= 0.3 is 0 Å². The second kappa shape index (κ2) is 5.10. The lowest BCUT2D eigenvalue weighted by Gasteiger charge is -2.13. The first-order chi connectivity index (χ1) is 9.77. The fourth-order valence-electron chi connectivity index (χ4n) is 2.41. The second-order valence-corrected chi connectivity index (χ2v) is 4.72. The van der Waals surface area contributed by atoms with Crippen LogP contribution < -0.4 is 11.5 Å². The normalized spacial score (nSPS) is 10.4. The Bertz CT molecular complexity index is 733. The van der Waals surface area contributed by atoms with E-state index in [1.54, 1.807) is 0 Å². The van der Waals surface area contributed by atoms with Gasteiger partial charge in [0, 0.05) is 5.56 Å². The summed E-state index contributed by atoms with van der Waals surface area (Å²) in [5.41, 5.74) is 17.7. The average Bonchev–Trinajstić information content (AvgIpc) is 2.51. The van der Waals surface area contributed by atoms with Crippen molar-refractivity contribution < 1.29 is 0 Å². The van der Waals surface area contributed by atoms with Crippen LogP contribution in [0.4, 0.5) is 11.4 Å². The molecule has 3 rings (SSSR count). The first-order valence-corrected chi connectivity index (χ1v) is 6.56. The van der Waals surface area contributed by atoms with Crippen LogP contribution >= 0.6 is 0 Å². The zero-order valence-corrected chi connectivity index (χ0v) is 11.1. The van der Waals surface area contributed by atoms with Gasteiger partial charge in [-0.25, -0.2) is 0 Å². The molecule has 0 aromatic heterocycles. The molecule has 0 fully saturated rings. The summed E-state index contributed by atoms with van der Waals surface area (Å²) < 4.78 is 0. The lowest BCUT2D eigenvalue weighted by molar-refractivity contribution is 1.57. The van der Waals surface area contributed by atoms with Gasteiger partial charge in [-0.2, -0.15) is 0 Å². The molecule has 0 bridgehead atoms. The van der Waals surface area contributed by atoms with Gasteiger partial charge in [-0.15, -0.1) is 0 Å². The molecule has 0 aliphatic carbocycles. The molecule has 0 saturated carbocycles. The van der Waals surface area contributed by atoms with Gasteiger partial charge in [0.25, 0.3) is 0 Å². The minimum atomic E-state index is 0.616. The summed E-state index contributed by atoms with van der Waals surface area (Å²) in [7, 11) is 0. The van der Waals surface area contributed by atoms with Crippen molar-refractivity contribution in [3.05, 3.63) is 72.8 Å². The molecule has 0 saturated heterocycles. The number of hydrogen-bond acceptors (Lipinski definition) is 2. The Morgan fingerprint density at radius 1 is 0.500 bits per heavy atom. The predicted octanol–water partition coefficient (Wildman–Crippen LogP) is 4.19. The minimum absolute atomic E-state index is 0.616. The molecule has 4 N–H and O–H groups in total. The van der Waals surface area contributed by atoms with E-state index < -0.39 is 0 Å². The first-order valence-electron chi connectivity index (χ1n) is 6.56. The van der Waals surface area contributed by atoms with E-state index in [4.69, 9.17) is 11.5 Å². The summed E-state index contributed by atoms with van der Waals surface area (Å²) in [5, 5.41) is 0. The summed E-state index contributed by atoms with van der Waals surface area (Å²) in [6, 6.07) is 24.3. The zero-order chi connectivity index (χ0) is 13.9. The summed E-state index contributed by atoms with van der Waals surface area (Å²) in [4.78, 5) is 0. The summed E-state index contributed by atoms with van der Waals surface area (Å²) >= 11 is 0. The number of benzene rings is 3. The standard InChI is InChI=1S/C18H16N2/c19-17-12-6-11-16(18(17)20)15-10-5-4-9-14(15)13-7-2-1-3-8-13/h1-12H,19-20H2. The van der Waals surface area contributed by atoms with E-state index in [1.165, 1.54) is 5.56 Å². The van der Waals surface area contributed by atoms with Crippen LogP contribution in [0.25, 0.3) is 22.3 Å². The maximum atomic E-state index is 6.14. The molecular formula is C18H16N2. The van der Waals surface area contributed by atoms with E-state index in [-0.39, 0.29) is 0 Å². The van der Waals surface area contributed by atoms with Crippen molar-refractivity contribution in [2.75, 3.05) is 11.5 Å². The predicted molar refractivity (Wildman–Crippen MR) is 86.1 cm³/mol. The van der Waals surface area contributed by atoms with Gasteiger partial charge in [0.1, 0.15) is 0 Å². The van der Waals surface area contributed by atoms with Gasteiger partial charge in [-0.05, 0) is 22.8 Å². The molecule has 0 radical (unpaired) electrons. The molecule has 98 valence electrons. The molecular weight excluding hydrogens is 244 g/mol. The summed E-state index contributed by atoms with van der Waals surface area (Å²) in [5.74, 6) is 0. The third-order valence-corrected chi connectivity index (χ3v) is 3.44. The Kier molecular flexibility index (Phi) is 3.13. The molecule has 20 heavy (non-hydrogen) atoms. The van der Waals surface area contributed by atoms with Crippen LogP contribution in [0.5, 0.6) is 0 Å². The molecule has 3 aromatic carbocycles. The lowest BCUT2D eigenvalue weighted by atomic mass is 9.93. The van der Waals surface area contributed by atoms with Crippen LogP contribution in [-0.4, -0.2) is 0 Å². The molecule has 2 heteroatoms. The molecule has 0 spiro atoms. The topological polar surface area (TPSA) is 52.0 Å². The number of rotatable bonds is 2. The molecule has 0 unspecified atom stereocenters. The van der Waals surface area contributed by atoms with Crippen molar-refractivity contribution in [1.82, 2.24) is 0 Å². The smallest absolute Gasteiger partial charge is 0.0627 e. The molecule has 2 nitrogen and oxygen atoms in total. The molecule has 0 aliphatic heterocycles. The Morgan fingerprint density at radius 3 is 1.85 bits per heavy atom. The van der Waals surface area contributed by atoms with Crippen molar-refractivity contribution in [2.45, 2.75) is 0 Å². The SMILES string of the molecule is Nc1cccc(-c2ccccc2-c2ccccc2)c1N. The number of para-hydroxylation sites is 1. The van der Waals surface area contributed by atoms with E-state index in [2.05, 4.69) is 24.3 Å². The first kappa shape index (κ1) is 12.3. The van der Waals surface area contributed by atoms with Crippen molar-refractivity contribution in [1.29, 1.82) is 0 Å². The van der Waals surface area contributed by atoms with Crippen LogP contribution in [0.15, 0.2) is 72.8 Å². The maximum Gasteiger partial charge on any atom is 0.0627 e. The van der Waals surface area contributed by atoms with E-state index in [0.717, 1.165) is 16.7 Å². The van der Waals surface area contributed by atoms with E-state index in [0.29, 0.717) is 11.4 Å². The third-order valence-electron chi connectivity index (χ3n) is 3.44. The quantitative estimate of drug-likeness (QED) is 0.679. The fraction of sp³-hybridized carbons (Fsp3) is 0. The second-order valence-electron chi connectivity index (χ2n) is 4.72. The van der Waals surface area contributed by atoms with Gasteiger partial charge in [0.15, 0.2) is 0 Å². The van der Waals surface area contributed by atoms with Gasteiger partial charge in [-0.1, -0.05) is 66.7 Å². The van der Waals surface area contributed by atoms with Crippen molar-refractivity contribution in [3.63, 3.8) is 0 Å². The Hall–Kier alpha value is -2.74. The zero-order valence-electron chi connectivity index (χ0n) is 11.1. The van der Waals surface area contributed by atoms with Crippen LogP contribution in [0.1, 0.15) is 0 Å². The summed E-state index contributed by atoms with van der Waals surface area (Å²) in [6.07, 6.45) is 0. The van der Waals surface area contributed by atoms with Crippen molar-refractivity contribution >= 4 is 11.4 Å². The molecule has 0 atom stereocenters. The highest BCUT2D eigenvalue weighted by atomic mass is 14.7. The molecule has 0 heterocycles. The molecule has 0 amide bonds. The third kappa shape index (κ3) is 2.12. The molecule has 3 aromatic rings. The van der Waals surface area contributed by atoms with Gasteiger partial charge in [-0.3, -0.25) is 0 Å². The number of anilines is 2. The van der Waals surface area contributed by atoms with Gasteiger partial charge in [0.05, 0.1) is 11.4 Å². The van der Waals surface area contributed by atoms with Crippen LogP contribution in [0.2, 0.25) is 0 Å². The van der Waals surface area contributed by atoms with Gasteiger partial charge < -0.3 is 11.5 Å². The highest BCUT2D eigenvalue weighted by molar-refractivity contribution is 5.92. The van der Waals surface area contributed by atoms with Crippen LogP contribution in [0.3, 0.4) is 0 Å². The Balaban J connectivity index is 2.23. The fourth-order valence-corrected chi connectivity index (χ4v) is 2.41. The van der Waals surface area contributed by atoms with Gasteiger partial charge in [0.2, 0.25) is 0 Å². The largest absolute Gasteiger partial charge is 0.397 e. The average molecular weight is 260 g/mol. The number of hydrogen-bond donors (Lipinski definition) is 2. The Labute approximate surface area is 118 Å². The van der Waals surface area contributed by atoms with Crippen LogP contribution in [-0.2, 0) is 0 Å². The van der Waals surface area contributed by atoms with Crippen molar-refractivity contribution in [3.8, 4) is 22.3 Å².